The van der Waals surface area contributed by atoms with Crippen LogP contribution in [0.15, 0.2) is 36.4 Å². The number of benzene rings is 2. The van der Waals surface area contributed by atoms with Crippen molar-refractivity contribution in [1.82, 2.24) is 0 Å². The van der Waals surface area contributed by atoms with E-state index in [0.717, 1.165) is 36.1 Å². The van der Waals surface area contributed by atoms with Crippen LogP contribution in [0.5, 0.6) is 0 Å². The molecule has 0 spiro atoms. The number of carbonyl (C=O) groups is 2. The fraction of sp³-hybridized carbons (Fsp3) is 0.364. The Morgan fingerprint density at radius 3 is 2.35 bits per heavy atom. The van der Waals surface area contributed by atoms with E-state index in [1.165, 1.54) is 17.5 Å². The minimum Gasteiger partial charge on any atom is -0.449 e. The third-order valence-corrected chi connectivity index (χ3v) is 4.97. The molecule has 4 heteroatoms. The van der Waals surface area contributed by atoms with Gasteiger partial charge in [0.2, 0.25) is 0 Å². The summed E-state index contributed by atoms with van der Waals surface area (Å²) in [7, 11) is 0. The Morgan fingerprint density at radius 1 is 1.00 bits per heavy atom. The summed E-state index contributed by atoms with van der Waals surface area (Å²) in [5, 5.41) is 2.87. The number of aryl methyl sites for hydroxylation is 4. The molecule has 26 heavy (non-hydrogen) atoms. The highest BCUT2D eigenvalue weighted by Crippen LogP contribution is 2.23. The molecule has 0 saturated carbocycles. The molecule has 0 saturated heterocycles. The molecule has 1 amide bonds. The maximum atomic E-state index is 12.4. The molecule has 1 N–H and O–H groups in total. The number of anilines is 1. The Balaban J connectivity index is 1.66. The average Bonchev–Trinajstić information content (AvgIpc) is 2.64. The van der Waals surface area contributed by atoms with Crippen molar-refractivity contribution < 1.29 is 14.3 Å². The normalized spacial score (nSPS) is 14.3. The molecular formula is C22H25NO3. The summed E-state index contributed by atoms with van der Waals surface area (Å²) in [4.78, 5) is 24.9. The second-order valence-corrected chi connectivity index (χ2v) is 6.99. The molecule has 0 unspecified atom stereocenters. The van der Waals surface area contributed by atoms with E-state index in [2.05, 4.69) is 5.32 Å². The largest absolute Gasteiger partial charge is 0.449 e. The Hall–Kier alpha value is -2.62. The summed E-state index contributed by atoms with van der Waals surface area (Å²) in [6, 6.07) is 11.5. The van der Waals surface area contributed by atoms with Gasteiger partial charge in [-0.3, -0.25) is 4.79 Å². The third kappa shape index (κ3) is 3.96. The number of rotatable bonds is 4. The van der Waals surface area contributed by atoms with E-state index in [4.69, 9.17) is 4.74 Å². The Kier molecular flexibility index (Phi) is 5.40. The molecule has 1 atom stereocenters. The lowest BCUT2D eigenvalue weighted by atomic mass is 9.90. The average molecular weight is 351 g/mol. The van der Waals surface area contributed by atoms with Crippen molar-refractivity contribution in [3.8, 4) is 0 Å². The van der Waals surface area contributed by atoms with Gasteiger partial charge in [-0.2, -0.15) is 0 Å². The second-order valence-electron chi connectivity index (χ2n) is 6.99. The van der Waals surface area contributed by atoms with E-state index >= 15 is 0 Å². The fourth-order valence-electron chi connectivity index (χ4n) is 3.38. The molecule has 2 aromatic carbocycles. The molecule has 0 bridgehead atoms. The maximum absolute atomic E-state index is 12.4. The van der Waals surface area contributed by atoms with Crippen molar-refractivity contribution >= 4 is 17.6 Å². The topological polar surface area (TPSA) is 55.4 Å². The van der Waals surface area contributed by atoms with Gasteiger partial charge in [-0.25, -0.2) is 4.79 Å². The summed E-state index contributed by atoms with van der Waals surface area (Å²) < 4.78 is 5.39. The Labute approximate surface area is 154 Å². The van der Waals surface area contributed by atoms with Gasteiger partial charge in [0, 0.05) is 5.69 Å². The van der Waals surface area contributed by atoms with Crippen molar-refractivity contribution in [2.75, 3.05) is 5.32 Å². The monoisotopic (exact) mass is 351 g/mol. The number of hydrogen-bond acceptors (Lipinski definition) is 3. The van der Waals surface area contributed by atoms with Crippen LogP contribution < -0.4 is 5.32 Å². The van der Waals surface area contributed by atoms with Gasteiger partial charge < -0.3 is 10.1 Å². The van der Waals surface area contributed by atoms with E-state index in [0.29, 0.717) is 5.56 Å². The molecule has 0 heterocycles. The molecule has 0 aromatic heterocycles. The Bertz CT molecular complexity index is 821. The molecule has 4 nitrogen and oxygen atoms in total. The molecule has 3 rings (SSSR count). The molecule has 0 radical (unpaired) electrons. The van der Waals surface area contributed by atoms with Gasteiger partial charge in [-0.15, -0.1) is 0 Å². The molecule has 1 aliphatic rings. The molecule has 2 aromatic rings. The van der Waals surface area contributed by atoms with E-state index in [9.17, 15) is 9.59 Å². The summed E-state index contributed by atoms with van der Waals surface area (Å²) in [6.07, 6.45) is 3.56. The smallest absolute Gasteiger partial charge is 0.338 e. The zero-order valence-electron chi connectivity index (χ0n) is 15.6. The molecule has 1 aliphatic carbocycles. The highest BCUT2D eigenvalue weighted by Gasteiger charge is 2.21. The first-order chi connectivity index (χ1) is 12.5. The van der Waals surface area contributed by atoms with Crippen molar-refractivity contribution in [1.29, 1.82) is 0 Å². The first-order valence-electron chi connectivity index (χ1n) is 9.15. The van der Waals surface area contributed by atoms with Crippen LogP contribution in [0, 0.1) is 13.8 Å². The van der Waals surface area contributed by atoms with Gasteiger partial charge in [-0.1, -0.05) is 24.3 Å². The summed E-state index contributed by atoms with van der Waals surface area (Å²) in [6.45, 7) is 5.47. The van der Waals surface area contributed by atoms with Crippen molar-refractivity contribution in [2.45, 2.75) is 52.6 Å². The SMILES string of the molecule is Cc1cccc(C)c1NC(=O)[C@@H](C)OC(=O)c1ccc2c(c1)CCCC2. The number of ether oxygens (including phenoxy) is 1. The van der Waals surface area contributed by atoms with Crippen molar-refractivity contribution in [3.63, 3.8) is 0 Å². The maximum Gasteiger partial charge on any atom is 0.338 e. The van der Waals surface area contributed by atoms with Crippen LogP contribution >= 0.6 is 0 Å². The summed E-state index contributed by atoms with van der Waals surface area (Å²) in [5.74, 6) is -0.781. The zero-order chi connectivity index (χ0) is 18.7. The van der Waals surface area contributed by atoms with Gasteiger partial charge in [0.1, 0.15) is 0 Å². The Morgan fingerprint density at radius 2 is 1.65 bits per heavy atom. The fourth-order valence-corrected chi connectivity index (χ4v) is 3.38. The molecular weight excluding hydrogens is 326 g/mol. The van der Waals surface area contributed by atoms with Gasteiger partial charge in [0.05, 0.1) is 5.56 Å². The van der Waals surface area contributed by atoms with Gasteiger partial charge in [0.15, 0.2) is 6.10 Å². The lowest BCUT2D eigenvalue weighted by Crippen LogP contribution is -2.30. The van der Waals surface area contributed by atoms with Crippen LogP contribution in [0.1, 0.15) is 52.4 Å². The van der Waals surface area contributed by atoms with E-state index < -0.39 is 12.1 Å². The summed E-state index contributed by atoms with van der Waals surface area (Å²) >= 11 is 0. The van der Waals surface area contributed by atoms with Gasteiger partial charge in [-0.05, 0) is 80.8 Å². The number of para-hydroxylation sites is 1. The third-order valence-electron chi connectivity index (χ3n) is 4.97. The predicted molar refractivity (Wildman–Crippen MR) is 103 cm³/mol. The molecule has 136 valence electrons. The zero-order valence-corrected chi connectivity index (χ0v) is 15.6. The lowest BCUT2D eigenvalue weighted by molar-refractivity contribution is -0.123. The summed E-state index contributed by atoms with van der Waals surface area (Å²) in [5.41, 5.74) is 5.77. The van der Waals surface area contributed by atoms with Crippen LogP contribution in [0.3, 0.4) is 0 Å². The molecule has 0 fully saturated rings. The van der Waals surface area contributed by atoms with Crippen LogP contribution in [0.25, 0.3) is 0 Å². The van der Waals surface area contributed by atoms with Crippen LogP contribution in [-0.2, 0) is 22.4 Å². The number of amides is 1. The van der Waals surface area contributed by atoms with E-state index in [1.807, 2.05) is 44.2 Å². The minimum atomic E-state index is -0.863. The molecule has 0 aliphatic heterocycles. The van der Waals surface area contributed by atoms with Gasteiger partial charge in [0.25, 0.3) is 5.91 Å². The first-order valence-corrected chi connectivity index (χ1v) is 9.15. The standard InChI is InChI=1S/C22H25NO3/c1-14-7-6-8-15(2)20(14)23-21(24)16(3)26-22(25)19-12-11-17-9-4-5-10-18(17)13-19/h6-8,11-13,16H,4-5,9-10H2,1-3H3,(H,23,24)/t16-/m1/s1. The van der Waals surface area contributed by atoms with Crippen LogP contribution in [-0.4, -0.2) is 18.0 Å². The van der Waals surface area contributed by atoms with Gasteiger partial charge >= 0.3 is 5.97 Å². The van der Waals surface area contributed by atoms with Crippen molar-refractivity contribution in [3.05, 3.63) is 64.2 Å². The van der Waals surface area contributed by atoms with Crippen molar-refractivity contribution in [2.24, 2.45) is 0 Å². The van der Waals surface area contributed by atoms with E-state index in [-0.39, 0.29) is 5.91 Å². The highest BCUT2D eigenvalue weighted by atomic mass is 16.5. The number of esters is 1. The second kappa shape index (κ2) is 7.73. The van der Waals surface area contributed by atoms with Crippen LogP contribution in [0.2, 0.25) is 0 Å². The number of hydrogen-bond donors (Lipinski definition) is 1. The lowest BCUT2D eigenvalue weighted by Gasteiger charge is -2.18. The highest BCUT2D eigenvalue weighted by molar-refractivity contribution is 5.98. The quantitative estimate of drug-likeness (QED) is 0.833. The minimum absolute atomic E-state index is 0.325. The predicted octanol–water partition coefficient (Wildman–Crippen LogP) is 4.37. The number of carbonyl (C=O) groups excluding carboxylic acids is 2. The number of nitrogens with one attached hydrogen (secondary N) is 1. The first kappa shape index (κ1) is 18.2. The van der Waals surface area contributed by atoms with E-state index in [1.54, 1.807) is 13.0 Å². The van der Waals surface area contributed by atoms with Crippen LogP contribution in [0.4, 0.5) is 5.69 Å². The number of fused-ring (bicyclic) bond motifs is 1.